The van der Waals surface area contributed by atoms with Crippen LogP contribution < -0.4 is 9.50 Å². The van der Waals surface area contributed by atoms with Crippen LogP contribution in [0.2, 0.25) is 0 Å². The molecule has 2 aromatic carbocycles. The van der Waals surface area contributed by atoms with Gasteiger partial charge in [0.05, 0.1) is 5.56 Å². The highest BCUT2D eigenvalue weighted by molar-refractivity contribution is 7.81. The Bertz CT molecular complexity index is 760. The molecule has 0 atom stereocenters. The van der Waals surface area contributed by atoms with Crippen LogP contribution in [-0.2, 0) is 10.5 Å². The highest BCUT2D eigenvalue weighted by Gasteiger charge is 2.12. The number of carbonyl (C=O) groups excluding carboxylic acids is 1. The van der Waals surface area contributed by atoms with Crippen LogP contribution >= 0.6 is 0 Å². The molecule has 0 aromatic heterocycles. The van der Waals surface area contributed by atoms with E-state index in [-0.39, 0.29) is 17.0 Å². The Hall–Kier alpha value is -2.48. The van der Waals surface area contributed by atoms with Crippen molar-refractivity contribution in [2.45, 2.75) is 0 Å². The Morgan fingerprint density at radius 3 is 2.24 bits per heavy atom. The van der Waals surface area contributed by atoms with E-state index in [2.05, 4.69) is 9.50 Å². The lowest BCUT2D eigenvalue weighted by molar-refractivity contribution is 0.102. The number of anilines is 1. The topological polar surface area (TPSA) is 72.5 Å². The van der Waals surface area contributed by atoms with E-state index in [4.69, 9.17) is 0 Å². The lowest BCUT2D eigenvalue weighted by atomic mass is 10.2. The maximum atomic E-state index is 13.4. The molecule has 2 aromatic rings. The van der Waals surface area contributed by atoms with E-state index < -0.39 is 22.2 Å². The van der Waals surface area contributed by atoms with Gasteiger partial charge in [-0.15, -0.1) is 0 Å². The molecule has 0 fully saturated rings. The highest BCUT2D eigenvalue weighted by Crippen LogP contribution is 2.18. The maximum absolute atomic E-state index is 13.4. The van der Waals surface area contributed by atoms with Crippen molar-refractivity contribution in [2.75, 3.05) is 5.32 Å². The zero-order valence-electron chi connectivity index (χ0n) is 10.4. The largest absolute Gasteiger partial charge is 0.488 e. The molecular weight excluding hydrogens is 304 g/mol. The van der Waals surface area contributed by atoms with Crippen LogP contribution in [-0.4, -0.2) is 14.3 Å². The molecule has 5 nitrogen and oxygen atoms in total. The van der Waals surface area contributed by atoms with Gasteiger partial charge in [0, 0.05) is 5.69 Å². The molecule has 0 unspecified atom stereocenters. The van der Waals surface area contributed by atoms with Crippen molar-refractivity contribution in [2.24, 2.45) is 0 Å². The Morgan fingerprint density at radius 1 is 1.05 bits per heavy atom. The van der Waals surface area contributed by atoms with Crippen LogP contribution in [0.25, 0.3) is 0 Å². The first-order chi connectivity index (χ1) is 9.85. The molecule has 8 heteroatoms. The summed E-state index contributed by atoms with van der Waals surface area (Å²) in [5.74, 6) is -1.58. The van der Waals surface area contributed by atoms with Gasteiger partial charge in [-0.05, 0) is 36.4 Å². The van der Waals surface area contributed by atoms with Crippen molar-refractivity contribution in [3.8, 4) is 5.75 Å². The third-order valence-electron chi connectivity index (χ3n) is 2.43. The minimum absolute atomic E-state index is 0.135. The maximum Gasteiger partial charge on any atom is 0.488 e. The average Bonchev–Trinajstić information content (AvgIpc) is 2.40. The Kier molecular flexibility index (Phi) is 4.18. The monoisotopic (exact) mass is 313 g/mol. The summed E-state index contributed by atoms with van der Waals surface area (Å²) in [4.78, 5) is 11.8. The fraction of sp³-hybridized carbons (Fsp3) is 0. The van der Waals surface area contributed by atoms with Crippen molar-refractivity contribution in [1.82, 2.24) is 0 Å². The van der Waals surface area contributed by atoms with Crippen LogP contribution in [0.1, 0.15) is 10.4 Å². The summed E-state index contributed by atoms with van der Waals surface area (Å²) in [5.41, 5.74) is 0.135. The number of amides is 1. The summed E-state index contributed by atoms with van der Waals surface area (Å²) in [6, 6.07) is 10.3. The third-order valence-corrected chi connectivity index (χ3v) is 2.82. The fourth-order valence-corrected chi connectivity index (χ4v) is 1.89. The third kappa shape index (κ3) is 4.25. The molecule has 0 radical (unpaired) electrons. The molecular formula is C13H9F2NO4S. The number of halogens is 2. The van der Waals surface area contributed by atoms with Gasteiger partial charge in [0.25, 0.3) is 5.91 Å². The van der Waals surface area contributed by atoms with E-state index in [9.17, 15) is 21.5 Å². The molecule has 0 aliphatic heterocycles. The van der Waals surface area contributed by atoms with Gasteiger partial charge in [0.2, 0.25) is 0 Å². The minimum atomic E-state index is -5.10. The highest BCUT2D eigenvalue weighted by atomic mass is 32.3. The van der Waals surface area contributed by atoms with Crippen LogP contribution in [0, 0.1) is 5.82 Å². The summed E-state index contributed by atoms with van der Waals surface area (Å²) in [7, 11) is -5.10. The number of benzene rings is 2. The molecule has 0 heterocycles. The zero-order valence-corrected chi connectivity index (χ0v) is 11.2. The van der Waals surface area contributed by atoms with E-state index in [0.717, 1.165) is 18.2 Å². The molecule has 2 rings (SSSR count). The first-order valence-corrected chi connectivity index (χ1v) is 6.96. The molecule has 110 valence electrons. The van der Waals surface area contributed by atoms with E-state index >= 15 is 0 Å². The number of rotatable bonds is 4. The van der Waals surface area contributed by atoms with Crippen LogP contribution in [0.15, 0.2) is 48.5 Å². The van der Waals surface area contributed by atoms with Gasteiger partial charge in [-0.1, -0.05) is 16.0 Å². The second-order valence-corrected chi connectivity index (χ2v) is 4.89. The summed E-state index contributed by atoms with van der Waals surface area (Å²) in [6.07, 6.45) is 0. The van der Waals surface area contributed by atoms with Crippen LogP contribution in [0.5, 0.6) is 5.75 Å². The van der Waals surface area contributed by atoms with Crippen molar-refractivity contribution < 1.29 is 25.7 Å². The first kappa shape index (κ1) is 14.9. The quantitative estimate of drug-likeness (QED) is 0.881. The van der Waals surface area contributed by atoms with Gasteiger partial charge < -0.3 is 9.50 Å². The average molecular weight is 313 g/mol. The SMILES string of the molecule is O=C(Nc1ccc(OS(=O)(=O)F)cc1)c1ccccc1F. The second kappa shape index (κ2) is 5.88. The Morgan fingerprint density at radius 2 is 1.67 bits per heavy atom. The van der Waals surface area contributed by atoms with Crippen molar-refractivity contribution in [3.63, 3.8) is 0 Å². The summed E-state index contributed by atoms with van der Waals surface area (Å²) >= 11 is 0. The van der Waals surface area contributed by atoms with Crippen molar-refractivity contribution in [1.29, 1.82) is 0 Å². The van der Waals surface area contributed by atoms with E-state index in [1.165, 1.54) is 30.3 Å². The van der Waals surface area contributed by atoms with Gasteiger partial charge in [0.1, 0.15) is 11.6 Å². The molecule has 21 heavy (non-hydrogen) atoms. The van der Waals surface area contributed by atoms with Gasteiger partial charge in [-0.3, -0.25) is 4.79 Å². The molecule has 0 spiro atoms. The predicted octanol–water partition coefficient (Wildman–Crippen LogP) is 2.67. The number of hydrogen-bond donors (Lipinski definition) is 1. The summed E-state index contributed by atoms with van der Waals surface area (Å²) in [5, 5.41) is 2.41. The number of hydrogen-bond acceptors (Lipinski definition) is 4. The molecule has 1 amide bonds. The Balaban J connectivity index is 2.10. The van der Waals surface area contributed by atoms with Gasteiger partial charge in [0.15, 0.2) is 0 Å². The van der Waals surface area contributed by atoms with Crippen molar-refractivity contribution in [3.05, 3.63) is 59.9 Å². The summed E-state index contributed by atoms with van der Waals surface area (Å²) < 4.78 is 50.3. The number of carbonyl (C=O) groups is 1. The van der Waals surface area contributed by atoms with E-state index in [0.29, 0.717) is 0 Å². The number of nitrogens with one attached hydrogen (secondary N) is 1. The zero-order chi connectivity index (χ0) is 15.5. The molecule has 0 bridgehead atoms. The molecule has 0 aliphatic rings. The summed E-state index contributed by atoms with van der Waals surface area (Å²) in [6.45, 7) is 0. The van der Waals surface area contributed by atoms with E-state index in [1.54, 1.807) is 0 Å². The molecule has 0 saturated carbocycles. The minimum Gasteiger partial charge on any atom is -0.358 e. The standard InChI is InChI=1S/C13H9F2NO4S/c14-12-4-2-1-3-11(12)13(17)16-9-5-7-10(8-6-9)20-21(15,18)19/h1-8H,(H,16,17). The molecule has 0 aliphatic carbocycles. The normalized spacial score (nSPS) is 11.0. The first-order valence-electron chi connectivity index (χ1n) is 5.65. The second-order valence-electron chi connectivity index (χ2n) is 3.93. The van der Waals surface area contributed by atoms with Gasteiger partial charge in [-0.2, -0.15) is 8.42 Å². The fourth-order valence-electron chi connectivity index (χ4n) is 1.55. The van der Waals surface area contributed by atoms with E-state index in [1.807, 2.05) is 0 Å². The smallest absolute Gasteiger partial charge is 0.358 e. The molecule has 0 saturated heterocycles. The van der Waals surface area contributed by atoms with Crippen LogP contribution in [0.3, 0.4) is 0 Å². The lowest BCUT2D eigenvalue weighted by Gasteiger charge is -2.06. The Labute approximate surface area is 119 Å². The molecule has 1 N–H and O–H groups in total. The predicted molar refractivity (Wildman–Crippen MR) is 71.5 cm³/mol. The van der Waals surface area contributed by atoms with Gasteiger partial charge in [-0.25, -0.2) is 4.39 Å². The van der Waals surface area contributed by atoms with Crippen LogP contribution in [0.4, 0.5) is 14.0 Å². The van der Waals surface area contributed by atoms with Crippen molar-refractivity contribution >= 4 is 22.1 Å². The lowest BCUT2D eigenvalue weighted by Crippen LogP contribution is -2.13. The van der Waals surface area contributed by atoms with Gasteiger partial charge >= 0.3 is 10.5 Å².